The van der Waals surface area contributed by atoms with Crippen molar-refractivity contribution in [1.82, 2.24) is 9.88 Å². The number of carboxylic acid groups (broad SMARTS) is 1. The van der Waals surface area contributed by atoms with Gasteiger partial charge >= 0.3 is 5.97 Å². The van der Waals surface area contributed by atoms with Crippen molar-refractivity contribution in [1.29, 1.82) is 0 Å². The number of rotatable bonds is 4. The molecule has 3 aromatic rings. The zero-order valence-electron chi connectivity index (χ0n) is 15.0. The number of nitrogens with zero attached hydrogens (tertiary/aromatic N) is 3. The second-order valence-electron chi connectivity index (χ2n) is 6.66. The predicted molar refractivity (Wildman–Crippen MR) is 105 cm³/mol. The Morgan fingerprint density at radius 1 is 1.07 bits per heavy atom. The van der Waals surface area contributed by atoms with Gasteiger partial charge in [0.2, 0.25) is 5.91 Å². The smallest absolute Gasteiger partial charge is 0.335 e. The van der Waals surface area contributed by atoms with Crippen LogP contribution in [0.3, 0.4) is 0 Å². The predicted octanol–water partition coefficient (Wildman–Crippen LogP) is 3.02. The molecule has 4 rings (SSSR count). The first kappa shape index (κ1) is 18.4. The molecule has 144 valence electrons. The topological polar surface area (TPSA) is 73.7 Å². The first-order valence-electron chi connectivity index (χ1n) is 8.90. The summed E-state index contributed by atoms with van der Waals surface area (Å²) in [5.74, 6) is -1.23. The van der Waals surface area contributed by atoms with E-state index in [9.17, 15) is 14.0 Å². The van der Waals surface area contributed by atoms with Crippen molar-refractivity contribution in [3.8, 4) is 0 Å². The normalized spacial score (nSPS) is 14.5. The Bertz CT molecular complexity index is 1030. The van der Waals surface area contributed by atoms with Gasteiger partial charge in [-0.2, -0.15) is 0 Å². The number of halogens is 1. The molecule has 1 aliphatic rings. The number of carbonyl (C=O) groups is 2. The number of thiazole rings is 1. The van der Waals surface area contributed by atoms with Crippen LogP contribution in [0.15, 0.2) is 42.5 Å². The summed E-state index contributed by atoms with van der Waals surface area (Å²) in [4.78, 5) is 32.1. The lowest BCUT2D eigenvalue weighted by Gasteiger charge is -2.34. The molecule has 1 fully saturated rings. The number of carbonyl (C=O) groups excluding carboxylic acids is 1. The summed E-state index contributed by atoms with van der Waals surface area (Å²) >= 11 is 1.46. The van der Waals surface area contributed by atoms with E-state index in [4.69, 9.17) is 5.11 Å². The molecule has 1 saturated heterocycles. The third-order valence-corrected chi connectivity index (χ3v) is 5.87. The number of anilines is 1. The summed E-state index contributed by atoms with van der Waals surface area (Å²) in [5, 5.41) is 9.95. The zero-order valence-corrected chi connectivity index (χ0v) is 15.8. The van der Waals surface area contributed by atoms with Crippen LogP contribution in [0, 0.1) is 5.82 Å². The number of hydrogen-bond acceptors (Lipinski definition) is 5. The van der Waals surface area contributed by atoms with Gasteiger partial charge in [-0.05, 0) is 35.9 Å². The molecular weight excluding hydrogens is 381 g/mol. The molecule has 0 unspecified atom stereocenters. The molecule has 1 aromatic heterocycles. The highest BCUT2D eigenvalue weighted by atomic mass is 32.1. The molecule has 0 bridgehead atoms. The fraction of sp³-hybridized carbons (Fsp3) is 0.250. The SMILES string of the molecule is O=C(O)c1ccc2nc(N3CCN(C(=O)Cc4ccc(F)cc4)CC3)sc2c1. The van der Waals surface area contributed by atoms with Crippen LogP contribution in [-0.4, -0.2) is 53.0 Å². The van der Waals surface area contributed by atoms with Crippen LogP contribution in [0.5, 0.6) is 0 Å². The molecule has 28 heavy (non-hydrogen) atoms. The van der Waals surface area contributed by atoms with Gasteiger partial charge in [-0.1, -0.05) is 23.5 Å². The van der Waals surface area contributed by atoms with Gasteiger partial charge in [-0.3, -0.25) is 4.79 Å². The second-order valence-corrected chi connectivity index (χ2v) is 7.66. The van der Waals surface area contributed by atoms with Crippen LogP contribution in [0.1, 0.15) is 15.9 Å². The number of amides is 1. The third-order valence-electron chi connectivity index (χ3n) is 4.80. The van der Waals surface area contributed by atoms with Gasteiger partial charge in [0, 0.05) is 26.2 Å². The number of carboxylic acids is 1. The van der Waals surface area contributed by atoms with Gasteiger partial charge in [-0.25, -0.2) is 14.2 Å². The molecule has 6 nitrogen and oxygen atoms in total. The van der Waals surface area contributed by atoms with Crippen molar-refractivity contribution in [2.45, 2.75) is 6.42 Å². The Labute approximate surface area is 164 Å². The molecule has 0 saturated carbocycles. The van der Waals surface area contributed by atoms with E-state index < -0.39 is 5.97 Å². The van der Waals surface area contributed by atoms with Gasteiger partial charge in [0.05, 0.1) is 22.2 Å². The summed E-state index contributed by atoms with van der Waals surface area (Å²) < 4.78 is 13.8. The first-order valence-corrected chi connectivity index (χ1v) is 9.72. The highest BCUT2D eigenvalue weighted by Gasteiger charge is 2.23. The Morgan fingerprint density at radius 3 is 2.46 bits per heavy atom. The Morgan fingerprint density at radius 2 is 1.79 bits per heavy atom. The van der Waals surface area contributed by atoms with E-state index in [1.54, 1.807) is 30.3 Å². The van der Waals surface area contributed by atoms with E-state index >= 15 is 0 Å². The Hall–Kier alpha value is -3.00. The van der Waals surface area contributed by atoms with Gasteiger partial charge < -0.3 is 14.9 Å². The maximum Gasteiger partial charge on any atom is 0.335 e. The molecule has 2 aromatic carbocycles. The standard InChI is InChI=1S/C20H18FN3O3S/c21-15-4-1-13(2-5-15)11-18(25)23-7-9-24(10-8-23)20-22-16-6-3-14(19(26)27)12-17(16)28-20/h1-6,12H,7-11H2,(H,26,27). The average molecular weight is 399 g/mol. The van der Waals surface area contributed by atoms with Crippen LogP contribution < -0.4 is 4.90 Å². The number of piperazine rings is 1. The van der Waals surface area contributed by atoms with Gasteiger partial charge in [0.15, 0.2) is 5.13 Å². The Kier molecular flexibility index (Phi) is 4.95. The van der Waals surface area contributed by atoms with Crippen LogP contribution in [-0.2, 0) is 11.2 Å². The minimum atomic E-state index is -0.954. The van der Waals surface area contributed by atoms with Gasteiger partial charge in [0.1, 0.15) is 5.82 Å². The van der Waals surface area contributed by atoms with E-state index in [1.165, 1.54) is 23.5 Å². The monoisotopic (exact) mass is 399 g/mol. The van der Waals surface area contributed by atoms with Crippen LogP contribution in [0.2, 0.25) is 0 Å². The van der Waals surface area contributed by atoms with E-state index in [2.05, 4.69) is 9.88 Å². The largest absolute Gasteiger partial charge is 0.478 e. The number of aromatic nitrogens is 1. The Balaban J connectivity index is 1.39. The van der Waals surface area contributed by atoms with Crippen molar-refractivity contribution in [3.63, 3.8) is 0 Å². The molecule has 0 spiro atoms. The van der Waals surface area contributed by atoms with Crippen LogP contribution in [0.25, 0.3) is 10.2 Å². The molecule has 1 N–H and O–H groups in total. The quantitative estimate of drug-likeness (QED) is 0.730. The highest BCUT2D eigenvalue weighted by molar-refractivity contribution is 7.22. The van der Waals surface area contributed by atoms with Gasteiger partial charge in [-0.15, -0.1) is 0 Å². The summed E-state index contributed by atoms with van der Waals surface area (Å²) in [6, 6.07) is 10.9. The van der Waals surface area contributed by atoms with E-state index in [0.717, 1.165) is 20.9 Å². The molecule has 1 aliphatic heterocycles. The van der Waals surface area contributed by atoms with Crippen molar-refractivity contribution < 1.29 is 19.1 Å². The van der Waals surface area contributed by atoms with E-state index in [1.807, 2.05) is 4.90 Å². The fourth-order valence-electron chi connectivity index (χ4n) is 3.22. The number of aromatic carboxylic acids is 1. The first-order chi connectivity index (χ1) is 13.5. The molecular formula is C20H18FN3O3S. The minimum Gasteiger partial charge on any atom is -0.478 e. The average Bonchev–Trinajstić information content (AvgIpc) is 3.13. The fourth-order valence-corrected chi connectivity index (χ4v) is 4.27. The summed E-state index contributed by atoms with van der Waals surface area (Å²) in [7, 11) is 0. The van der Waals surface area contributed by atoms with E-state index in [0.29, 0.717) is 26.2 Å². The molecule has 0 radical (unpaired) electrons. The summed E-state index contributed by atoms with van der Waals surface area (Å²) in [6.45, 7) is 2.52. The van der Waals surface area contributed by atoms with Crippen molar-refractivity contribution >= 4 is 38.6 Å². The molecule has 2 heterocycles. The van der Waals surface area contributed by atoms with E-state index in [-0.39, 0.29) is 23.7 Å². The summed E-state index contributed by atoms with van der Waals surface area (Å²) in [5.41, 5.74) is 1.83. The van der Waals surface area contributed by atoms with Crippen molar-refractivity contribution in [2.24, 2.45) is 0 Å². The maximum atomic E-state index is 13.0. The lowest BCUT2D eigenvalue weighted by Crippen LogP contribution is -2.49. The lowest BCUT2D eigenvalue weighted by atomic mass is 10.1. The number of hydrogen-bond donors (Lipinski definition) is 1. The molecule has 8 heteroatoms. The number of fused-ring (bicyclic) bond motifs is 1. The highest BCUT2D eigenvalue weighted by Crippen LogP contribution is 2.30. The minimum absolute atomic E-state index is 0.0293. The van der Waals surface area contributed by atoms with Crippen molar-refractivity contribution in [2.75, 3.05) is 31.1 Å². The maximum absolute atomic E-state index is 13.0. The third kappa shape index (κ3) is 3.82. The molecule has 0 aliphatic carbocycles. The molecule has 1 amide bonds. The van der Waals surface area contributed by atoms with Crippen molar-refractivity contribution in [3.05, 3.63) is 59.4 Å². The number of benzene rings is 2. The lowest BCUT2D eigenvalue weighted by molar-refractivity contribution is -0.130. The second kappa shape index (κ2) is 7.55. The van der Waals surface area contributed by atoms with Gasteiger partial charge in [0.25, 0.3) is 0 Å². The zero-order chi connectivity index (χ0) is 19.7. The summed E-state index contributed by atoms with van der Waals surface area (Å²) in [6.07, 6.45) is 0.263. The van der Waals surface area contributed by atoms with Crippen LogP contribution >= 0.6 is 11.3 Å². The molecule has 0 atom stereocenters. The van der Waals surface area contributed by atoms with Crippen LogP contribution in [0.4, 0.5) is 9.52 Å².